The molecule has 0 radical (unpaired) electrons. The van der Waals surface area contributed by atoms with Gasteiger partial charge in [-0.3, -0.25) is 8.37 Å². The first-order chi connectivity index (χ1) is 12.6. The summed E-state index contributed by atoms with van der Waals surface area (Å²) >= 11 is -1.74. The number of rotatable bonds is 7. The Morgan fingerprint density at radius 3 is 1.85 bits per heavy atom. The third-order valence-corrected chi connectivity index (χ3v) is 7.93. The van der Waals surface area contributed by atoms with Crippen molar-refractivity contribution in [2.75, 3.05) is 6.61 Å². The van der Waals surface area contributed by atoms with E-state index in [1.165, 1.54) is 38.5 Å². The maximum absolute atomic E-state index is 12.4. The number of hydrogen-bond donors (Lipinski definition) is 1. The zero-order chi connectivity index (χ0) is 18.4. The molecule has 1 N–H and O–H groups in total. The molecular weight excluding hydrogens is 348 g/mol. The summed E-state index contributed by atoms with van der Waals surface area (Å²) in [5.41, 5.74) is -0.832. The van der Waals surface area contributed by atoms with E-state index in [2.05, 4.69) is 6.92 Å². The Morgan fingerprint density at radius 2 is 1.35 bits per heavy atom. The van der Waals surface area contributed by atoms with Crippen LogP contribution in [0.1, 0.15) is 96.8 Å². The Balaban J connectivity index is 1.55. The average molecular weight is 387 g/mol. The van der Waals surface area contributed by atoms with Gasteiger partial charge < -0.3 is 5.11 Å². The molecule has 4 nitrogen and oxygen atoms in total. The Morgan fingerprint density at radius 1 is 0.846 bits per heavy atom. The quantitative estimate of drug-likeness (QED) is 0.664. The van der Waals surface area contributed by atoms with Crippen LogP contribution in [-0.4, -0.2) is 27.6 Å². The predicted octanol–water partition coefficient (Wildman–Crippen LogP) is 5.07. The van der Waals surface area contributed by atoms with Crippen molar-refractivity contribution in [2.24, 2.45) is 17.8 Å². The zero-order valence-corrected chi connectivity index (χ0v) is 17.3. The van der Waals surface area contributed by atoms with Crippen LogP contribution in [0.4, 0.5) is 0 Å². The van der Waals surface area contributed by atoms with Gasteiger partial charge in [-0.05, 0) is 69.1 Å². The van der Waals surface area contributed by atoms with Crippen LogP contribution in [0, 0.1) is 17.8 Å². The van der Waals surface area contributed by atoms with Crippen molar-refractivity contribution in [3.63, 3.8) is 0 Å². The number of hydrogen-bond acceptors (Lipinski definition) is 4. The van der Waals surface area contributed by atoms with Crippen LogP contribution in [0.15, 0.2) is 0 Å². The average Bonchev–Trinajstić information content (AvgIpc) is 2.69. The molecule has 0 aliphatic heterocycles. The maximum Gasteiger partial charge on any atom is 0.304 e. The molecule has 3 rings (SSSR count). The highest BCUT2D eigenvalue weighted by Crippen LogP contribution is 2.43. The van der Waals surface area contributed by atoms with Crippen molar-refractivity contribution >= 4 is 11.4 Å². The lowest BCUT2D eigenvalue weighted by Crippen LogP contribution is -2.50. The molecule has 3 aliphatic carbocycles. The minimum absolute atomic E-state index is 0.0458. The molecular formula is C21H38O4S. The molecule has 0 heterocycles. The van der Waals surface area contributed by atoms with Crippen molar-refractivity contribution in [1.29, 1.82) is 0 Å². The van der Waals surface area contributed by atoms with Gasteiger partial charge in [0.1, 0.15) is 0 Å². The fourth-order valence-corrected chi connectivity index (χ4v) is 6.14. The molecule has 152 valence electrons. The molecule has 3 aliphatic rings. The Bertz CT molecular complexity index is 417. The van der Waals surface area contributed by atoms with Crippen LogP contribution < -0.4 is 0 Å². The summed E-state index contributed by atoms with van der Waals surface area (Å²) in [4.78, 5) is 0. The molecule has 0 aromatic carbocycles. The van der Waals surface area contributed by atoms with Gasteiger partial charge >= 0.3 is 11.4 Å². The lowest BCUT2D eigenvalue weighted by atomic mass is 9.67. The minimum Gasteiger partial charge on any atom is -0.387 e. The first-order valence-corrected chi connectivity index (χ1v) is 12.0. The molecule has 0 aromatic heterocycles. The molecule has 0 bridgehead atoms. The van der Waals surface area contributed by atoms with Crippen molar-refractivity contribution < 1.29 is 17.7 Å². The smallest absolute Gasteiger partial charge is 0.304 e. The highest BCUT2D eigenvalue weighted by atomic mass is 32.2. The van der Waals surface area contributed by atoms with E-state index in [0.29, 0.717) is 0 Å². The van der Waals surface area contributed by atoms with E-state index < -0.39 is 17.0 Å². The highest BCUT2D eigenvalue weighted by molar-refractivity contribution is 7.75. The van der Waals surface area contributed by atoms with E-state index >= 15 is 0 Å². The summed E-state index contributed by atoms with van der Waals surface area (Å²) in [5.74, 6) is 1.31. The first-order valence-electron chi connectivity index (χ1n) is 11.0. The molecule has 0 saturated heterocycles. The van der Waals surface area contributed by atoms with Gasteiger partial charge in [0.2, 0.25) is 0 Å². The van der Waals surface area contributed by atoms with Gasteiger partial charge in [-0.1, -0.05) is 45.4 Å². The molecule has 0 aromatic rings. The third-order valence-electron chi connectivity index (χ3n) is 7.19. The normalized spacial score (nSPS) is 31.0. The second-order valence-electron chi connectivity index (χ2n) is 9.11. The van der Waals surface area contributed by atoms with Gasteiger partial charge in [-0.2, -0.15) is 4.21 Å². The lowest BCUT2D eigenvalue weighted by Gasteiger charge is -2.45. The highest BCUT2D eigenvalue weighted by Gasteiger charge is 2.45. The summed E-state index contributed by atoms with van der Waals surface area (Å²) in [6, 6.07) is 0. The van der Waals surface area contributed by atoms with Crippen LogP contribution in [0.2, 0.25) is 0 Å². The summed E-state index contributed by atoms with van der Waals surface area (Å²) in [5, 5.41) is 11.6. The van der Waals surface area contributed by atoms with Gasteiger partial charge in [0.15, 0.2) is 0 Å². The van der Waals surface area contributed by atoms with Crippen molar-refractivity contribution in [2.45, 2.75) is 109 Å². The Hall–Kier alpha value is 0.0300. The van der Waals surface area contributed by atoms with Gasteiger partial charge in [-0.25, -0.2) is 0 Å². The summed E-state index contributed by atoms with van der Waals surface area (Å²) in [6.07, 6.45) is 15.9. The Labute approximate surface area is 162 Å². The van der Waals surface area contributed by atoms with Gasteiger partial charge in [0.25, 0.3) is 0 Å². The van der Waals surface area contributed by atoms with E-state index in [0.717, 1.165) is 57.3 Å². The summed E-state index contributed by atoms with van der Waals surface area (Å²) in [6.45, 7) is 2.43. The van der Waals surface area contributed by atoms with E-state index in [-0.39, 0.29) is 24.5 Å². The van der Waals surface area contributed by atoms with E-state index in [1.807, 2.05) is 0 Å². The molecule has 1 unspecified atom stereocenters. The van der Waals surface area contributed by atoms with Crippen molar-refractivity contribution in [3.8, 4) is 0 Å². The molecule has 26 heavy (non-hydrogen) atoms. The molecule has 1 atom stereocenters. The lowest BCUT2D eigenvalue weighted by molar-refractivity contribution is -0.117. The fraction of sp³-hybridized carbons (Fsp3) is 1.00. The first kappa shape index (κ1) is 20.8. The van der Waals surface area contributed by atoms with E-state index in [4.69, 9.17) is 8.37 Å². The minimum atomic E-state index is -1.74. The van der Waals surface area contributed by atoms with Crippen LogP contribution in [-0.2, 0) is 19.7 Å². The van der Waals surface area contributed by atoms with Gasteiger partial charge in [0, 0.05) is 0 Å². The van der Waals surface area contributed by atoms with Crippen molar-refractivity contribution in [3.05, 3.63) is 0 Å². The third kappa shape index (κ3) is 5.52. The largest absolute Gasteiger partial charge is 0.387 e. The molecule has 0 spiro atoms. The van der Waals surface area contributed by atoms with Gasteiger partial charge in [0.05, 0.1) is 18.3 Å². The standard InChI is InChI=1S/C21H38O4S/c1-17-12-14-20(15-13-17)25-26(23)24-16-21(22,18-8-4-2-5-9-18)19-10-6-3-7-11-19/h17-20,22H,2-16H2,1H3. The van der Waals surface area contributed by atoms with Gasteiger partial charge in [-0.15, -0.1) is 0 Å². The SMILES string of the molecule is CC1CCC(OS(=O)OCC(O)(C2CCCCC2)C2CCCCC2)CC1. The van der Waals surface area contributed by atoms with E-state index in [9.17, 15) is 9.32 Å². The molecule has 5 heteroatoms. The predicted molar refractivity (Wildman–Crippen MR) is 105 cm³/mol. The molecule has 3 saturated carbocycles. The Kier molecular flexibility index (Phi) is 7.98. The topological polar surface area (TPSA) is 55.8 Å². The monoisotopic (exact) mass is 386 g/mol. The summed E-state index contributed by atoms with van der Waals surface area (Å²) < 4.78 is 23.7. The van der Waals surface area contributed by atoms with Crippen LogP contribution in [0.3, 0.4) is 0 Å². The second kappa shape index (κ2) is 9.99. The number of aliphatic hydroxyl groups is 1. The second-order valence-corrected chi connectivity index (χ2v) is 9.94. The zero-order valence-electron chi connectivity index (χ0n) is 16.5. The van der Waals surface area contributed by atoms with Crippen LogP contribution in [0.25, 0.3) is 0 Å². The van der Waals surface area contributed by atoms with E-state index in [1.54, 1.807) is 0 Å². The molecule has 0 amide bonds. The fourth-order valence-electron chi connectivity index (χ4n) is 5.38. The van der Waals surface area contributed by atoms with Crippen LogP contribution in [0.5, 0.6) is 0 Å². The summed E-state index contributed by atoms with van der Waals surface area (Å²) in [7, 11) is 0. The van der Waals surface area contributed by atoms with Crippen LogP contribution >= 0.6 is 0 Å². The van der Waals surface area contributed by atoms with Crippen molar-refractivity contribution in [1.82, 2.24) is 0 Å². The maximum atomic E-state index is 12.4. The molecule has 3 fully saturated rings.